The Bertz CT molecular complexity index is 921. The molecule has 2 aromatic heterocycles. The first-order chi connectivity index (χ1) is 11.2. The lowest BCUT2D eigenvalue weighted by Crippen LogP contribution is -2.45. The van der Waals surface area contributed by atoms with Gasteiger partial charge in [0.2, 0.25) is 0 Å². The zero-order chi connectivity index (χ0) is 17.6. The molecule has 0 N–H and O–H groups in total. The number of hydrogen-bond acceptors (Lipinski definition) is 5. The zero-order valence-electron chi connectivity index (χ0n) is 12.6. The van der Waals surface area contributed by atoms with E-state index in [2.05, 4.69) is 0 Å². The number of aromatic nitrogens is 2. The van der Waals surface area contributed by atoms with Crippen LogP contribution < -0.4 is 11.2 Å². The quantitative estimate of drug-likeness (QED) is 0.774. The summed E-state index contributed by atoms with van der Waals surface area (Å²) in [5.41, 5.74) is -1.74. The first-order valence-corrected chi connectivity index (χ1v) is 7.91. The number of ether oxygens (including phenoxy) is 1. The number of halogens is 3. The number of carbonyl (C=O) groups is 1. The Hall–Kier alpha value is -1.94. The van der Waals surface area contributed by atoms with Crippen molar-refractivity contribution in [2.75, 3.05) is 13.2 Å². The van der Waals surface area contributed by atoms with Gasteiger partial charge in [-0.15, -0.1) is 11.3 Å². The van der Waals surface area contributed by atoms with Gasteiger partial charge in [-0.2, -0.15) is 13.2 Å². The summed E-state index contributed by atoms with van der Waals surface area (Å²) in [7, 11) is 0. The molecule has 0 saturated carbocycles. The fourth-order valence-electron chi connectivity index (χ4n) is 2.65. The minimum absolute atomic E-state index is 0.00816. The van der Waals surface area contributed by atoms with Crippen LogP contribution in [0.3, 0.4) is 0 Å². The van der Waals surface area contributed by atoms with E-state index >= 15 is 0 Å². The SMILES string of the molecule is Cc1c(C=O)sc2c1c(=O)n(CC(F)(F)F)c(=O)n2CC1COC1. The Kier molecular flexibility index (Phi) is 4.12. The third kappa shape index (κ3) is 2.80. The van der Waals surface area contributed by atoms with E-state index in [1.54, 1.807) is 0 Å². The summed E-state index contributed by atoms with van der Waals surface area (Å²) in [6.07, 6.45) is -4.17. The number of hydrogen-bond donors (Lipinski definition) is 0. The highest BCUT2D eigenvalue weighted by atomic mass is 32.1. The van der Waals surface area contributed by atoms with Crippen LogP contribution in [0.1, 0.15) is 15.2 Å². The van der Waals surface area contributed by atoms with Gasteiger partial charge in [-0.05, 0) is 12.5 Å². The molecule has 1 fully saturated rings. The first kappa shape index (κ1) is 16.9. The second kappa shape index (κ2) is 5.85. The van der Waals surface area contributed by atoms with Crippen LogP contribution in [0.5, 0.6) is 0 Å². The van der Waals surface area contributed by atoms with Gasteiger partial charge in [-0.25, -0.2) is 4.79 Å². The van der Waals surface area contributed by atoms with Crippen LogP contribution in [0.4, 0.5) is 13.2 Å². The summed E-state index contributed by atoms with van der Waals surface area (Å²) in [6.45, 7) is 0.775. The molecule has 0 radical (unpaired) electrons. The van der Waals surface area contributed by atoms with Crippen molar-refractivity contribution < 1.29 is 22.7 Å². The van der Waals surface area contributed by atoms with Crippen molar-refractivity contribution in [1.82, 2.24) is 9.13 Å². The Labute approximate surface area is 137 Å². The van der Waals surface area contributed by atoms with Crippen LogP contribution in [0.15, 0.2) is 9.59 Å². The lowest BCUT2D eigenvalue weighted by molar-refractivity contribution is -0.142. The highest BCUT2D eigenvalue weighted by molar-refractivity contribution is 7.20. The highest BCUT2D eigenvalue weighted by Crippen LogP contribution is 2.28. The van der Waals surface area contributed by atoms with Crippen LogP contribution in [-0.4, -0.2) is 34.8 Å². The maximum Gasteiger partial charge on any atom is 0.406 e. The molecular weight excluding hydrogens is 349 g/mol. The second-order valence-corrected chi connectivity index (χ2v) is 6.72. The van der Waals surface area contributed by atoms with Crippen molar-refractivity contribution in [3.63, 3.8) is 0 Å². The van der Waals surface area contributed by atoms with Crippen molar-refractivity contribution in [1.29, 1.82) is 0 Å². The highest BCUT2D eigenvalue weighted by Gasteiger charge is 2.32. The van der Waals surface area contributed by atoms with Gasteiger partial charge in [-0.3, -0.25) is 18.7 Å². The van der Waals surface area contributed by atoms with E-state index in [1.165, 1.54) is 6.92 Å². The molecule has 0 bridgehead atoms. The van der Waals surface area contributed by atoms with Gasteiger partial charge >= 0.3 is 11.9 Å². The molecule has 1 saturated heterocycles. The molecule has 3 heterocycles. The fraction of sp³-hybridized carbons (Fsp3) is 0.500. The monoisotopic (exact) mass is 362 g/mol. The lowest BCUT2D eigenvalue weighted by Gasteiger charge is -2.27. The van der Waals surface area contributed by atoms with Gasteiger partial charge in [0, 0.05) is 12.5 Å². The molecule has 10 heteroatoms. The zero-order valence-corrected chi connectivity index (χ0v) is 13.4. The van der Waals surface area contributed by atoms with E-state index in [9.17, 15) is 27.6 Å². The maximum atomic E-state index is 12.8. The van der Waals surface area contributed by atoms with Crippen LogP contribution in [0.2, 0.25) is 0 Å². The van der Waals surface area contributed by atoms with E-state index in [4.69, 9.17) is 4.74 Å². The van der Waals surface area contributed by atoms with Gasteiger partial charge in [0.15, 0.2) is 6.29 Å². The Morgan fingerprint density at radius 1 is 1.29 bits per heavy atom. The molecule has 0 atom stereocenters. The number of alkyl halides is 3. The number of thiophene rings is 1. The van der Waals surface area contributed by atoms with Crippen molar-refractivity contribution in [3.8, 4) is 0 Å². The van der Waals surface area contributed by atoms with E-state index in [-0.39, 0.29) is 32.1 Å². The molecule has 1 aliphatic rings. The minimum atomic E-state index is -4.70. The number of aldehydes is 1. The average Bonchev–Trinajstić information content (AvgIpc) is 2.77. The van der Waals surface area contributed by atoms with Gasteiger partial charge in [0.05, 0.1) is 23.5 Å². The Morgan fingerprint density at radius 2 is 1.96 bits per heavy atom. The summed E-state index contributed by atoms with van der Waals surface area (Å²) < 4.78 is 44.7. The van der Waals surface area contributed by atoms with Gasteiger partial charge in [0.25, 0.3) is 5.56 Å². The first-order valence-electron chi connectivity index (χ1n) is 7.09. The summed E-state index contributed by atoms with van der Waals surface area (Å²) in [5, 5.41) is -0.00816. The molecule has 0 unspecified atom stereocenters. The molecule has 0 amide bonds. The number of fused-ring (bicyclic) bond motifs is 1. The maximum absolute atomic E-state index is 12.8. The topological polar surface area (TPSA) is 70.3 Å². The van der Waals surface area contributed by atoms with Crippen LogP contribution in [0, 0.1) is 12.8 Å². The van der Waals surface area contributed by atoms with E-state index in [0.717, 1.165) is 15.9 Å². The molecule has 24 heavy (non-hydrogen) atoms. The number of carbonyl (C=O) groups excluding carboxylic acids is 1. The standard InChI is InChI=1S/C14H13F3N2O4S/c1-7-9(3-20)24-12-10(7)11(21)19(6-14(15,16)17)13(22)18(12)2-8-4-23-5-8/h3,8H,2,4-6H2,1H3. The van der Waals surface area contributed by atoms with Crippen molar-refractivity contribution in [3.05, 3.63) is 31.3 Å². The molecule has 0 spiro atoms. The minimum Gasteiger partial charge on any atom is -0.381 e. The van der Waals surface area contributed by atoms with Crippen molar-refractivity contribution in [2.45, 2.75) is 26.2 Å². The van der Waals surface area contributed by atoms with Gasteiger partial charge < -0.3 is 4.74 Å². The summed E-state index contributed by atoms with van der Waals surface area (Å²) in [4.78, 5) is 36.5. The Morgan fingerprint density at radius 3 is 2.46 bits per heavy atom. The van der Waals surface area contributed by atoms with Gasteiger partial charge in [0.1, 0.15) is 11.4 Å². The molecular formula is C14H13F3N2O4S. The lowest BCUT2D eigenvalue weighted by atomic mass is 10.1. The summed E-state index contributed by atoms with van der Waals surface area (Å²) in [6, 6.07) is 0. The van der Waals surface area contributed by atoms with Crippen molar-refractivity contribution in [2.24, 2.45) is 5.92 Å². The van der Waals surface area contributed by atoms with E-state index < -0.39 is 24.0 Å². The van der Waals surface area contributed by atoms with E-state index in [0.29, 0.717) is 25.1 Å². The van der Waals surface area contributed by atoms with E-state index in [1.807, 2.05) is 0 Å². The number of nitrogens with zero attached hydrogens (tertiary/aromatic N) is 2. The fourth-order valence-corrected chi connectivity index (χ4v) is 3.77. The van der Waals surface area contributed by atoms with Crippen molar-refractivity contribution >= 4 is 27.8 Å². The second-order valence-electron chi connectivity index (χ2n) is 5.69. The molecule has 0 aromatic carbocycles. The Balaban J connectivity index is 2.31. The average molecular weight is 362 g/mol. The molecule has 1 aliphatic heterocycles. The molecule has 3 rings (SSSR count). The van der Waals surface area contributed by atoms with Crippen LogP contribution in [0.25, 0.3) is 10.2 Å². The van der Waals surface area contributed by atoms with Gasteiger partial charge in [-0.1, -0.05) is 0 Å². The third-order valence-corrected chi connectivity index (χ3v) is 5.16. The predicted molar refractivity (Wildman–Crippen MR) is 80.8 cm³/mol. The number of aryl methyl sites for hydroxylation is 1. The smallest absolute Gasteiger partial charge is 0.381 e. The number of rotatable bonds is 4. The van der Waals surface area contributed by atoms with Crippen LogP contribution >= 0.6 is 11.3 Å². The van der Waals surface area contributed by atoms with Crippen LogP contribution in [-0.2, 0) is 17.8 Å². The summed E-state index contributed by atoms with van der Waals surface area (Å²) in [5.74, 6) is -0.00942. The molecule has 2 aromatic rings. The largest absolute Gasteiger partial charge is 0.406 e. The molecule has 6 nitrogen and oxygen atoms in total. The normalized spacial score (nSPS) is 15.7. The molecule has 0 aliphatic carbocycles. The predicted octanol–water partition coefficient (Wildman–Crippen LogP) is 1.55. The molecule has 130 valence electrons. The summed E-state index contributed by atoms with van der Waals surface area (Å²) >= 11 is 0.942. The third-order valence-electron chi connectivity index (χ3n) is 3.92.